The molecule has 0 spiro atoms. The molecule has 1 aromatic heterocycles. The molecule has 32 heavy (non-hydrogen) atoms. The van der Waals surface area contributed by atoms with Crippen molar-refractivity contribution in [2.75, 3.05) is 0 Å². The summed E-state index contributed by atoms with van der Waals surface area (Å²) in [5.74, 6) is 2.03. The summed E-state index contributed by atoms with van der Waals surface area (Å²) in [6.45, 7) is 14.4. The van der Waals surface area contributed by atoms with Crippen LogP contribution < -0.4 is 0 Å². The second-order valence-corrected chi connectivity index (χ2v) is 10.6. The number of para-hydroxylation sites is 2. The Bertz CT molecular complexity index is 1170. The molecular formula is C30H36N2. The highest BCUT2D eigenvalue weighted by molar-refractivity contribution is 5.76. The highest BCUT2D eigenvalue weighted by atomic mass is 15.1. The number of aromatic nitrogens is 2. The van der Waals surface area contributed by atoms with Gasteiger partial charge < -0.3 is 4.57 Å². The minimum absolute atomic E-state index is 0.168. The summed E-state index contributed by atoms with van der Waals surface area (Å²) >= 11 is 0. The van der Waals surface area contributed by atoms with E-state index in [1.165, 1.54) is 27.8 Å². The van der Waals surface area contributed by atoms with Crippen LogP contribution in [0.15, 0.2) is 72.8 Å². The molecule has 2 heteroatoms. The standard InChI is InChI=1S/C30H36N2/c1-21(2)19-23-11-15-25(16-12-23)22(3)29-31-27-9-7-8-10-28(27)32(29)20-24-13-17-26(18-14-24)30(4,5)6/h7-18,21-22H,19-20H2,1-6H3/t22-/m0/s1. The average molecular weight is 425 g/mol. The molecule has 0 radical (unpaired) electrons. The van der Waals surface area contributed by atoms with Crippen molar-refractivity contribution in [2.24, 2.45) is 5.92 Å². The fourth-order valence-electron chi connectivity index (χ4n) is 4.45. The lowest BCUT2D eigenvalue weighted by molar-refractivity contribution is 0.589. The fourth-order valence-corrected chi connectivity index (χ4v) is 4.45. The third kappa shape index (κ3) is 4.80. The van der Waals surface area contributed by atoms with E-state index in [4.69, 9.17) is 4.98 Å². The van der Waals surface area contributed by atoms with Gasteiger partial charge >= 0.3 is 0 Å². The van der Waals surface area contributed by atoms with Gasteiger partial charge in [0.25, 0.3) is 0 Å². The van der Waals surface area contributed by atoms with Gasteiger partial charge in [0.1, 0.15) is 5.82 Å². The Kier molecular flexibility index (Phi) is 6.24. The molecule has 0 aliphatic heterocycles. The van der Waals surface area contributed by atoms with Gasteiger partial charge in [-0.15, -0.1) is 0 Å². The van der Waals surface area contributed by atoms with Gasteiger partial charge in [0.2, 0.25) is 0 Å². The van der Waals surface area contributed by atoms with Gasteiger partial charge in [-0.05, 0) is 52.1 Å². The average Bonchev–Trinajstić information content (AvgIpc) is 3.11. The monoisotopic (exact) mass is 424 g/mol. The van der Waals surface area contributed by atoms with Crippen LogP contribution in [0.3, 0.4) is 0 Å². The van der Waals surface area contributed by atoms with Crippen molar-refractivity contribution in [2.45, 2.75) is 65.8 Å². The van der Waals surface area contributed by atoms with Gasteiger partial charge in [-0.3, -0.25) is 0 Å². The minimum atomic E-state index is 0.168. The van der Waals surface area contributed by atoms with Crippen molar-refractivity contribution in [1.82, 2.24) is 9.55 Å². The first-order valence-corrected chi connectivity index (χ1v) is 11.9. The molecule has 0 fully saturated rings. The maximum absolute atomic E-state index is 5.08. The van der Waals surface area contributed by atoms with Crippen molar-refractivity contribution in [3.8, 4) is 0 Å². The number of hydrogen-bond donors (Lipinski definition) is 0. The molecule has 0 amide bonds. The first-order chi connectivity index (χ1) is 15.2. The third-order valence-corrected chi connectivity index (χ3v) is 6.36. The van der Waals surface area contributed by atoms with Crippen LogP contribution in [-0.2, 0) is 18.4 Å². The van der Waals surface area contributed by atoms with Crippen LogP contribution >= 0.6 is 0 Å². The zero-order valence-electron chi connectivity index (χ0n) is 20.4. The summed E-state index contributed by atoms with van der Waals surface area (Å²) in [5.41, 5.74) is 7.83. The molecule has 4 rings (SSSR count). The van der Waals surface area contributed by atoms with Crippen LogP contribution in [0.1, 0.15) is 75.5 Å². The molecule has 0 aliphatic rings. The fraction of sp³-hybridized carbons (Fsp3) is 0.367. The minimum Gasteiger partial charge on any atom is -0.323 e. The van der Waals surface area contributed by atoms with Gasteiger partial charge in [-0.25, -0.2) is 4.98 Å². The molecule has 0 N–H and O–H groups in total. The molecule has 4 aromatic rings. The van der Waals surface area contributed by atoms with Crippen LogP contribution in [0.4, 0.5) is 0 Å². The third-order valence-electron chi connectivity index (χ3n) is 6.36. The van der Waals surface area contributed by atoms with Gasteiger partial charge in [0.15, 0.2) is 0 Å². The second-order valence-electron chi connectivity index (χ2n) is 10.6. The van der Waals surface area contributed by atoms with E-state index in [9.17, 15) is 0 Å². The smallest absolute Gasteiger partial charge is 0.117 e. The second kappa shape index (κ2) is 8.94. The molecule has 2 nitrogen and oxygen atoms in total. The molecule has 1 atom stereocenters. The SMILES string of the molecule is CC(C)Cc1ccc([C@H](C)c2nc3ccccc3n2Cc2ccc(C(C)(C)C)cc2)cc1. The Morgan fingerprint density at radius 2 is 1.41 bits per heavy atom. The molecule has 0 saturated heterocycles. The van der Waals surface area contributed by atoms with Crippen LogP contribution in [0.25, 0.3) is 11.0 Å². The van der Waals surface area contributed by atoms with Crippen molar-refractivity contribution >= 4 is 11.0 Å². The number of benzene rings is 3. The largest absolute Gasteiger partial charge is 0.323 e. The number of nitrogens with zero attached hydrogens (tertiary/aromatic N) is 2. The van der Waals surface area contributed by atoms with Crippen molar-refractivity contribution in [1.29, 1.82) is 0 Å². The Morgan fingerprint density at radius 3 is 2.03 bits per heavy atom. The van der Waals surface area contributed by atoms with E-state index in [0.717, 1.165) is 24.3 Å². The van der Waals surface area contributed by atoms with Gasteiger partial charge in [-0.2, -0.15) is 0 Å². The molecule has 0 unspecified atom stereocenters. The topological polar surface area (TPSA) is 17.8 Å². The molecule has 3 aromatic carbocycles. The normalized spacial score (nSPS) is 13.1. The van der Waals surface area contributed by atoms with E-state index in [1.807, 2.05) is 0 Å². The van der Waals surface area contributed by atoms with Crippen molar-refractivity contribution in [3.63, 3.8) is 0 Å². The Hall–Kier alpha value is -2.87. The highest BCUT2D eigenvalue weighted by Gasteiger charge is 2.19. The van der Waals surface area contributed by atoms with Crippen molar-refractivity contribution < 1.29 is 0 Å². The number of rotatable bonds is 6. The Balaban J connectivity index is 1.68. The van der Waals surface area contributed by atoms with Gasteiger partial charge in [0, 0.05) is 12.5 Å². The lowest BCUT2D eigenvalue weighted by Crippen LogP contribution is -2.12. The predicted octanol–water partition coefficient (Wildman–Crippen LogP) is 7.73. The van der Waals surface area contributed by atoms with Crippen LogP contribution in [0.5, 0.6) is 0 Å². The number of imidazole rings is 1. The van der Waals surface area contributed by atoms with E-state index in [2.05, 4.69) is 119 Å². The van der Waals surface area contributed by atoms with Crippen LogP contribution in [0.2, 0.25) is 0 Å². The Labute approximate surface area is 193 Å². The number of hydrogen-bond acceptors (Lipinski definition) is 1. The van der Waals surface area contributed by atoms with Crippen LogP contribution in [0, 0.1) is 5.92 Å². The molecular weight excluding hydrogens is 388 g/mol. The van der Waals surface area contributed by atoms with E-state index in [1.54, 1.807) is 0 Å². The summed E-state index contributed by atoms with van der Waals surface area (Å²) in [6.07, 6.45) is 1.12. The lowest BCUT2D eigenvalue weighted by Gasteiger charge is -2.20. The predicted molar refractivity (Wildman–Crippen MR) is 136 cm³/mol. The number of fused-ring (bicyclic) bond motifs is 1. The lowest BCUT2D eigenvalue weighted by atomic mass is 9.87. The Morgan fingerprint density at radius 1 is 0.781 bits per heavy atom. The van der Waals surface area contributed by atoms with E-state index in [0.29, 0.717) is 5.92 Å². The van der Waals surface area contributed by atoms with E-state index < -0.39 is 0 Å². The molecule has 0 aliphatic carbocycles. The van der Waals surface area contributed by atoms with Gasteiger partial charge in [0.05, 0.1) is 11.0 Å². The molecule has 1 heterocycles. The zero-order chi connectivity index (χ0) is 22.9. The van der Waals surface area contributed by atoms with Crippen LogP contribution in [-0.4, -0.2) is 9.55 Å². The maximum Gasteiger partial charge on any atom is 0.117 e. The molecule has 166 valence electrons. The van der Waals surface area contributed by atoms with E-state index >= 15 is 0 Å². The summed E-state index contributed by atoms with van der Waals surface area (Å²) in [6, 6.07) is 26.7. The summed E-state index contributed by atoms with van der Waals surface area (Å²) < 4.78 is 2.40. The summed E-state index contributed by atoms with van der Waals surface area (Å²) in [5, 5.41) is 0. The molecule has 0 saturated carbocycles. The summed E-state index contributed by atoms with van der Waals surface area (Å²) in [4.78, 5) is 5.08. The first-order valence-electron chi connectivity index (χ1n) is 11.9. The maximum atomic E-state index is 5.08. The van der Waals surface area contributed by atoms with Crippen molar-refractivity contribution in [3.05, 3.63) is 101 Å². The zero-order valence-corrected chi connectivity index (χ0v) is 20.4. The van der Waals surface area contributed by atoms with Gasteiger partial charge in [-0.1, -0.05) is 102 Å². The summed E-state index contributed by atoms with van der Waals surface area (Å²) in [7, 11) is 0. The quantitative estimate of drug-likeness (QED) is 0.309. The highest BCUT2D eigenvalue weighted by Crippen LogP contribution is 2.29. The first kappa shape index (κ1) is 22.3. The van der Waals surface area contributed by atoms with E-state index in [-0.39, 0.29) is 11.3 Å². The molecule has 0 bridgehead atoms.